The van der Waals surface area contributed by atoms with Gasteiger partial charge >= 0.3 is 0 Å². The molecule has 0 spiro atoms. The van der Waals surface area contributed by atoms with Crippen LogP contribution in [-0.4, -0.2) is 11.6 Å². The number of nitrogens with zero attached hydrogens (tertiary/aromatic N) is 1. The van der Waals surface area contributed by atoms with Crippen molar-refractivity contribution in [3.05, 3.63) is 40.4 Å². The maximum Gasteiger partial charge on any atom is 0.240 e. The minimum absolute atomic E-state index is 0.406. The quantitative estimate of drug-likeness (QED) is 0.858. The molecule has 0 amide bonds. The molecule has 0 aliphatic rings. The standard InChI is InChI=1S/C16H19BrN2O2/c1-10(2)9-20-16-13(18)6-7-15(19-16)21-14-8-12(17)5-4-11(14)3/h4-8,10H,9,18H2,1-3H3. The van der Waals surface area contributed by atoms with Gasteiger partial charge in [-0.05, 0) is 36.6 Å². The van der Waals surface area contributed by atoms with Crippen molar-refractivity contribution in [1.29, 1.82) is 0 Å². The number of ether oxygens (including phenoxy) is 2. The molecular formula is C16H19BrN2O2. The van der Waals surface area contributed by atoms with E-state index in [1.165, 1.54) is 0 Å². The van der Waals surface area contributed by atoms with E-state index in [2.05, 4.69) is 34.8 Å². The molecule has 5 heteroatoms. The number of pyridine rings is 1. The first-order valence-electron chi connectivity index (χ1n) is 6.79. The highest BCUT2D eigenvalue weighted by Gasteiger charge is 2.09. The number of aryl methyl sites for hydroxylation is 1. The second-order valence-electron chi connectivity index (χ2n) is 5.26. The number of anilines is 1. The number of aromatic nitrogens is 1. The smallest absolute Gasteiger partial charge is 0.240 e. The van der Waals surface area contributed by atoms with Crippen molar-refractivity contribution in [3.63, 3.8) is 0 Å². The zero-order valence-electron chi connectivity index (χ0n) is 12.4. The minimum atomic E-state index is 0.406. The summed E-state index contributed by atoms with van der Waals surface area (Å²) in [6.07, 6.45) is 0. The van der Waals surface area contributed by atoms with Gasteiger partial charge in [0.1, 0.15) is 5.75 Å². The van der Waals surface area contributed by atoms with Crippen LogP contribution in [0.1, 0.15) is 19.4 Å². The van der Waals surface area contributed by atoms with Crippen molar-refractivity contribution in [3.8, 4) is 17.5 Å². The van der Waals surface area contributed by atoms with Gasteiger partial charge in [-0.3, -0.25) is 0 Å². The maximum absolute atomic E-state index is 5.87. The largest absolute Gasteiger partial charge is 0.476 e. The average molecular weight is 351 g/mol. The van der Waals surface area contributed by atoms with Crippen LogP contribution in [0.5, 0.6) is 17.5 Å². The van der Waals surface area contributed by atoms with Crippen LogP contribution < -0.4 is 15.2 Å². The zero-order chi connectivity index (χ0) is 15.4. The summed E-state index contributed by atoms with van der Waals surface area (Å²) in [6.45, 7) is 6.69. The fourth-order valence-corrected chi connectivity index (χ4v) is 1.99. The molecule has 0 saturated carbocycles. The zero-order valence-corrected chi connectivity index (χ0v) is 14.0. The van der Waals surface area contributed by atoms with Crippen LogP contribution in [-0.2, 0) is 0 Å². The highest BCUT2D eigenvalue weighted by atomic mass is 79.9. The summed E-state index contributed by atoms with van der Waals surface area (Å²) in [4.78, 5) is 4.33. The van der Waals surface area contributed by atoms with E-state index in [1.807, 2.05) is 25.1 Å². The summed E-state index contributed by atoms with van der Waals surface area (Å²) in [7, 11) is 0. The van der Waals surface area contributed by atoms with Gasteiger partial charge in [-0.2, -0.15) is 4.98 Å². The van der Waals surface area contributed by atoms with E-state index < -0.39 is 0 Å². The van der Waals surface area contributed by atoms with E-state index in [0.29, 0.717) is 30.0 Å². The predicted octanol–water partition coefficient (Wildman–Crippen LogP) is 4.56. The number of benzene rings is 1. The molecule has 0 saturated heterocycles. The highest BCUT2D eigenvalue weighted by Crippen LogP contribution is 2.30. The van der Waals surface area contributed by atoms with Gasteiger partial charge in [-0.25, -0.2) is 0 Å². The third kappa shape index (κ3) is 4.36. The van der Waals surface area contributed by atoms with E-state index in [9.17, 15) is 0 Å². The first-order valence-corrected chi connectivity index (χ1v) is 7.58. The van der Waals surface area contributed by atoms with Crippen molar-refractivity contribution in [2.24, 2.45) is 5.92 Å². The molecule has 0 aliphatic carbocycles. The van der Waals surface area contributed by atoms with E-state index in [1.54, 1.807) is 12.1 Å². The molecule has 21 heavy (non-hydrogen) atoms. The Balaban J connectivity index is 2.20. The Morgan fingerprint density at radius 3 is 2.71 bits per heavy atom. The SMILES string of the molecule is Cc1ccc(Br)cc1Oc1ccc(N)c(OCC(C)C)n1. The van der Waals surface area contributed by atoms with Crippen LogP contribution in [0.4, 0.5) is 5.69 Å². The Morgan fingerprint density at radius 2 is 2.00 bits per heavy atom. The molecule has 0 unspecified atom stereocenters. The third-order valence-electron chi connectivity index (χ3n) is 2.78. The number of nitrogens with two attached hydrogens (primary N) is 1. The molecule has 1 aromatic heterocycles. The van der Waals surface area contributed by atoms with Gasteiger partial charge in [-0.15, -0.1) is 0 Å². The molecule has 1 aromatic carbocycles. The molecule has 2 aromatic rings. The van der Waals surface area contributed by atoms with Crippen LogP contribution >= 0.6 is 15.9 Å². The van der Waals surface area contributed by atoms with Gasteiger partial charge in [0.05, 0.1) is 12.3 Å². The highest BCUT2D eigenvalue weighted by molar-refractivity contribution is 9.10. The van der Waals surface area contributed by atoms with Crippen molar-refractivity contribution in [2.45, 2.75) is 20.8 Å². The molecule has 2 N–H and O–H groups in total. The van der Waals surface area contributed by atoms with Gasteiger partial charge in [0, 0.05) is 10.5 Å². The predicted molar refractivity (Wildman–Crippen MR) is 87.9 cm³/mol. The summed E-state index contributed by atoms with van der Waals surface area (Å²) in [6, 6.07) is 9.33. The Kier molecular flexibility index (Phi) is 5.07. The first kappa shape index (κ1) is 15.6. The number of nitrogen functional groups attached to an aromatic ring is 1. The number of halogens is 1. The Labute approximate surface area is 133 Å². The normalized spacial score (nSPS) is 10.7. The molecule has 4 nitrogen and oxygen atoms in total. The fraction of sp³-hybridized carbons (Fsp3) is 0.312. The minimum Gasteiger partial charge on any atom is -0.476 e. The van der Waals surface area contributed by atoms with Crippen molar-refractivity contribution in [2.75, 3.05) is 12.3 Å². The molecule has 2 rings (SSSR count). The number of rotatable bonds is 5. The molecule has 0 fully saturated rings. The van der Waals surface area contributed by atoms with Crippen LogP contribution in [0.2, 0.25) is 0 Å². The van der Waals surface area contributed by atoms with Crippen molar-refractivity contribution in [1.82, 2.24) is 4.98 Å². The fourth-order valence-electron chi connectivity index (χ4n) is 1.65. The molecule has 0 atom stereocenters. The van der Waals surface area contributed by atoms with Gasteiger partial charge < -0.3 is 15.2 Å². The van der Waals surface area contributed by atoms with Crippen molar-refractivity contribution < 1.29 is 9.47 Å². The Bertz CT molecular complexity index is 630. The lowest BCUT2D eigenvalue weighted by molar-refractivity contribution is 0.260. The van der Waals surface area contributed by atoms with Gasteiger partial charge in [0.2, 0.25) is 11.8 Å². The molecule has 0 radical (unpaired) electrons. The van der Waals surface area contributed by atoms with E-state index in [-0.39, 0.29) is 0 Å². The lowest BCUT2D eigenvalue weighted by Crippen LogP contribution is -2.07. The second-order valence-corrected chi connectivity index (χ2v) is 6.18. The Morgan fingerprint density at radius 1 is 1.24 bits per heavy atom. The maximum atomic E-state index is 5.87. The molecule has 0 aliphatic heterocycles. The Hall–Kier alpha value is -1.75. The molecule has 112 valence electrons. The summed E-state index contributed by atoms with van der Waals surface area (Å²) >= 11 is 3.43. The second kappa shape index (κ2) is 6.80. The number of hydrogen-bond donors (Lipinski definition) is 1. The van der Waals surface area contributed by atoms with E-state index >= 15 is 0 Å². The monoisotopic (exact) mass is 350 g/mol. The molecular weight excluding hydrogens is 332 g/mol. The van der Waals surface area contributed by atoms with Crippen molar-refractivity contribution >= 4 is 21.6 Å². The van der Waals surface area contributed by atoms with E-state index in [4.69, 9.17) is 15.2 Å². The van der Waals surface area contributed by atoms with Crippen LogP contribution in [0.15, 0.2) is 34.8 Å². The average Bonchev–Trinajstić information content (AvgIpc) is 2.43. The summed E-state index contributed by atoms with van der Waals surface area (Å²) in [5, 5.41) is 0. The summed E-state index contributed by atoms with van der Waals surface area (Å²) in [5.74, 6) is 2.03. The summed E-state index contributed by atoms with van der Waals surface area (Å²) < 4.78 is 12.4. The van der Waals surface area contributed by atoms with Crippen LogP contribution in [0.25, 0.3) is 0 Å². The van der Waals surface area contributed by atoms with Crippen LogP contribution in [0, 0.1) is 12.8 Å². The third-order valence-corrected chi connectivity index (χ3v) is 3.28. The summed E-state index contributed by atoms with van der Waals surface area (Å²) in [5.41, 5.74) is 7.41. The van der Waals surface area contributed by atoms with Gasteiger partial charge in [-0.1, -0.05) is 35.8 Å². The topological polar surface area (TPSA) is 57.4 Å². The van der Waals surface area contributed by atoms with Gasteiger partial charge in [0.15, 0.2) is 0 Å². The number of hydrogen-bond acceptors (Lipinski definition) is 4. The van der Waals surface area contributed by atoms with E-state index in [0.717, 1.165) is 15.8 Å². The lowest BCUT2D eigenvalue weighted by atomic mass is 10.2. The lowest BCUT2D eigenvalue weighted by Gasteiger charge is -2.12. The van der Waals surface area contributed by atoms with Gasteiger partial charge in [0.25, 0.3) is 0 Å². The van der Waals surface area contributed by atoms with Crippen LogP contribution in [0.3, 0.4) is 0 Å². The first-order chi connectivity index (χ1) is 9.95. The molecule has 0 bridgehead atoms. The molecule has 1 heterocycles.